The van der Waals surface area contributed by atoms with Crippen LogP contribution in [0.5, 0.6) is 17.2 Å². The van der Waals surface area contributed by atoms with Crippen molar-refractivity contribution in [3.63, 3.8) is 0 Å². The number of hydrogen-bond donors (Lipinski definition) is 7. The van der Waals surface area contributed by atoms with Crippen LogP contribution in [0.4, 0.5) is 13.2 Å². The van der Waals surface area contributed by atoms with Crippen molar-refractivity contribution in [3.05, 3.63) is 469 Å². The fraction of sp³-hybridized carbons (Fsp3) is 0.0968. The van der Waals surface area contributed by atoms with E-state index in [1.54, 1.807) is 44.7 Å². The lowest BCUT2D eigenvalue weighted by atomic mass is 9.88. The van der Waals surface area contributed by atoms with Crippen LogP contribution in [-0.2, 0) is 41.3 Å². The molecule has 0 amide bonds. The summed E-state index contributed by atoms with van der Waals surface area (Å²) in [5, 5.41) is 77.3. The van der Waals surface area contributed by atoms with E-state index in [-0.39, 0.29) is 69.4 Å². The van der Waals surface area contributed by atoms with Crippen LogP contribution in [0.25, 0.3) is 172 Å². The fourth-order valence-corrected chi connectivity index (χ4v) is 18.5. The number of aliphatic hydroxyl groups excluding tert-OH is 6. The SMILES string of the molecule is C=[n+]1c(-c2cc(-c3ccccc3)cc(-c3ccccc3)c2)cc2c(c1C)[C-](OC)C(CO)=C(CO)C=2.COc1c(CO)c(CO)cc2cc(-c3cc(-c4ccccc4)cc(-c4ccccc4)c3)nc(C)c12.Cc1nc(-c2cccc(-c3ccc(-c4ccccc4)cc3)c2)cc2cc(CO)c(CO)cc12.I.O=S(=O)(Oc1cccc(-c2cc3ccccc3cn2)c1)C(F)(F)F.Oc1cccc(-c2cc3ccccc3cn2)c1. The predicted molar refractivity (Wildman–Crippen MR) is 586 cm³/mol. The highest BCUT2D eigenvalue weighted by atomic mass is 127. The summed E-state index contributed by atoms with van der Waals surface area (Å²) >= 11 is 0. The second-order valence-electron chi connectivity index (χ2n) is 34.7. The number of alkyl halides is 3. The van der Waals surface area contributed by atoms with Gasteiger partial charge in [0.2, 0.25) is 0 Å². The molecular formula is C124H103F3IN5O12S. The molecule has 0 radical (unpaired) electrons. The topological polar surface area (TPSA) is 261 Å². The molecule has 0 atom stereocenters. The minimum Gasteiger partial charge on any atom is -0.508 e. The summed E-state index contributed by atoms with van der Waals surface area (Å²) in [5.74, 6) is 0.394. The van der Waals surface area contributed by atoms with Gasteiger partial charge in [0.15, 0.2) is 5.69 Å². The Bertz CT molecular complexity index is 8290. The maximum atomic E-state index is 12.4. The Hall–Kier alpha value is -16.0. The van der Waals surface area contributed by atoms with Crippen molar-refractivity contribution >= 4 is 83.3 Å². The Balaban J connectivity index is 0.000000133. The zero-order valence-electron chi connectivity index (χ0n) is 80.4. The number of phenolic OH excluding ortho intramolecular Hbond substituents is 1. The van der Waals surface area contributed by atoms with Crippen LogP contribution < -0.4 is 18.4 Å². The Morgan fingerprint density at radius 1 is 0.370 bits per heavy atom. The number of methoxy groups -OCH3 is 2. The first-order valence-corrected chi connectivity index (χ1v) is 48.2. The number of hydrogen-bond acceptors (Lipinski definition) is 16. The molecule has 7 N–H and O–H groups in total. The molecule has 17 nitrogen and oxygen atoms in total. The highest BCUT2D eigenvalue weighted by Gasteiger charge is 2.48. The number of benzene rings is 15. The number of phenols is 1. The number of aryl methyl sites for hydroxylation is 2. The first-order chi connectivity index (χ1) is 70.4. The second kappa shape index (κ2) is 46.6. The maximum absolute atomic E-state index is 12.4. The van der Waals surface area contributed by atoms with Crippen LogP contribution >= 0.6 is 24.0 Å². The van der Waals surface area contributed by atoms with Gasteiger partial charge in [-0.25, -0.2) is 4.24 Å². The molecule has 0 unspecified atom stereocenters. The predicted octanol–water partition coefficient (Wildman–Crippen LogP) is 25.9. The molecule has 20 aromatic rings. The number of aliphatic hydroxyl groups is 6. The van der Waals surface area contributed by atoms with E-state index in [4.69, 9.17) is 19.4 Å². The molecule has 0 aliphatic heterocycles. The second-order valence-corrected chi connectivity index (χ2v) is 36.2. The van der Waals surface area contributed by atoms with Gasteiger partial charge >= 0.3 is 15.6 Å². The molecule has 15 aromatic carbocycles. The molecule has 730 valence electrons. The minimum atomic E-state index is -5.70. The van der Waals surface area contributed by atoms with Gasteiger partial charge in [-0.05, 0) is 247 Å². The summed E-state index contributed by atoms with van der Waals surface area (Å²) in [7, 11) is -2.53. The summed E-state index contributed by atoms with van der Waals surface area (Å²) in [5.41, 5.74) is 24.2. The lowest BCUT2D eigenvalue weighted by molar-refractivity contribution is -0.494. The van der Waals surface area contributed by atoms with Crippen molar-refractivity contribution in [2.45, 2.75) is 52.7 Å². The van der Waals surface area contributed by atoms with Crippen molar-refractivity contribution in [1.82, 2.24) is 19.9 Å². The summed E-state index contributed by atoms with van der Waals surface area (Å²) < 4.78 is 76.8. The molecule has 1 aliphatic rings. The van der Waals surface area contributed by atoms with E-state index in [9.17, 15) is 57.3 Å². The van der Waals surface area contributed by atoms with Gasteiger partial charge < -0.3 is 49.4 Å². The van der Waals surface area contributed by atoms with Crippen molar-refractivity contribution in [3.8, 4) is 140 Å². The molecule has 0 fully saturated rings. The van der Waals surface area contributed by atoms with Gasteiger partial charge in [-0.2, -0.15) is 21.6 Å². The summed E-state index contributed by atoms with van der Waals surface area (Å²) in [4.78, 5) is 18.4. The fourth-order valence-electron chi connectivity index (χ4n) is 18.1. The van der Waals surface area contributed by atoms with Crippen LogP contribution in [0.3, 0.4) is 0 Å². The number of halogens is 4. The molecule has 0 saturated heterocycles. The molecule has 0 bridgehead atoms. The molecule has 21 rings (SSSR count). The van der Waals surface area contributed by atoms with Gasteiger partial charge in [-0.3, -0.25) is 19.9 Å². The van der Waals surface area contributed by atoms with Gasteiger partial charge in [-0.1, -0.05) is 283 Å². The smallest absolute Gasteiger partial charge is 0.508 e. The van der Waals surface area contributed by atoms with Crippen LogP contribution in [-0.4, -0.2) is 97.0 Å². The highest BCUT2D eigenvalue weighted by Crippen LogP contribution is 2.42. The van der Waals surface area contributed by atoms with Crippen molar-refractivity contribution < 1.29 is 75.2 Å². The zero-order chi connectivity index (χ0) is 101. The Morgan fingerprint density at radius 3 is 1.25 bits per heavy atom. The molecule has 0 saturated carbocycles. The molecule has 22 heteroatoms. The van der Waals surface area contributed by atoms with E-state index >= 15 is 0 Å². The van der Waals surface area contributed by atoms with Crippen LogP contribution in [0.1, 0.15) is 44.9 Å². The van der Waals surface area contributed by atoms with Crippen molar-refractivity contribution in [2.24, 2.45) is 0 Å². The standard InChI is InChI=1S/C32H29NO3.C31H27NO3.C30H25NO2.C16H10F3NO3S.C15H11NO.HI/c1-21-31-27(17-28(19-34)29(20-35)32(31)36-3)18-30(33(21)2)26-15-24(22-10-6-4-7-11-22)14-25(16-26)23-12-8-5-9-13-23;1-20-30-26(16-27(18-33)28(19-34)31(30)35-2)17-29(32-20)25-14-23(21-9-5-3-6-10-21)13-24(15-25)22-11-7-4-8-12-22;1-20-29-16-28(19-33)27(18-32)15-26(29)17-30(31-20)25-9-5-8-24(14-25)23-12-10-22(11-13-23)21-6-3-2-4-7-21;17-16(18,19)24(21,22)23-14-7-3-6-12(8-14)15-9-11-4-1-2-5-13(11)10-20-15;17-14-7-3-6-12(8-14)15-9-11-4-1-2-5-13(11)10-16-15;/h4-18,34-35H,2,19-20H2,1,3H3;3-17,33-34H,18-19H2,1-2H3;2-17,32-33H,18-19H2,1H3;1-10H;1-10,17H;1H. The minimum absolute atomic E-state index is 0. The first kappa shape index (κ1) is 103. The number of aromatic hydroxyl groups is 1. The van der Waals surface area contributed by atoms with Gasteiger partial charge in [0.1, 0.15) is 29.7 Å². The number of pyridine rings is 5. The van der Waals surface area contributed by atoms with E-state index in [1.165, 1.54) is 23.3 Å². The first-order valence-electron chi connectivity index (χ1n) is 46.8. The molecular weight excluding hydrogens is 1970 g/mol. The Kier molecular flexibility index (Phi) is 32.9. The molecule has 5 aromatic heterocycles. The van der Waals surface area contributed by atoms with E-state index in [1.807, 2.05) is 201 Å². The normalized spacial score (nSPS) is 11.6. The zero-order valence-corrected chi connectivity index (χ0v) is 83.6. The van der Waals surface area contributed by atoms with Crippen molar-refractivity contribution in [1.29, 1.82) is 0 Å². The number of fused-ring (bicyclic) bond motifs is 5. The molecule has 1 aliphatic carbocycles. The summed E-state index contributed by atoms with van der Waals surface area (Å²) in [6.07, 6.45) is 5.99. The van der Waals surface area contributed by atoms with E-state index in [0.717, 1.165) is 189 Å². The molecule has 5 heterocycles. The Labute approximate surface area is 861 Å². The summed E-state index contributed by atoms with van der Waals surface area (Å²) in [6, 6.07) is 126. The number of aromatic nitrogens is 5. The third-order valence-electron chi connectivity index (χ3n) is 25.4. The molecule has 146 heavy (non-hydrogen) atoms. The van der Waals surface area contributed by atoms with Crippen LogP contribution in [0.2, 0.25) is 0 Å². The van der Waals surface area contributed by atoms with E-state index in [0.29, 0.717) is 45.4 Å². The number of rotatable bonds is 21. The summed E-state index contributed by atoms with van der Waals surface area (Å²) in [6.45, 7) is 9.32. The lowest BCUT2D eigenvalue weighted by Crippen LogP contribution is -2.35. The highest BCUT2D eigenvalue weighted by molar-refractivity contribution is 14.0. The number of ether oxygens (including phenoxy) is 2. The number of nitrogens with zero attached hydrogens (tertiary/aromatic N) is 5. The third-order valence-corrected chi connectivity index (χ3v) is 26.4. The Morgan fingerprint density at radius 2 is 0.767 bits per heavy atom. The van der Waals surface area contributed by atoms with E-state index < -0.39 is 21.4 Å². The van der Waals surface area contributed by atoms with Gasteiger partial charge in [0.25, 0.3) is 0 Å². The monoisotopic (exact) mass is 2070 g/mol. The van der Waals surface area contributed by atoms with Crippen LogP contribution in [0, 0.1) is 33.6 Å². The third kappa shape index (κ3) is 23.3. The quantitative estimate of drug-likeness (QED) is 0.0116. The van der Waals surface area contributed by atoms with Crippen molar-refractivity contribution in [2.75, 3.05) is 27.4 Å². The molecule has 0 spiro atoms. The van der Waals surface area contributed by atoms with Crippen LogP contribution in [0.15, 0.2) is 406 Å². The lowest BCUT2D eigenvalue weighted by Gasteiger charge is -2.32. The average Bonchev–Trinajstić information content (AvgIpc) is 0.724. The van der Waals surface area contributed by atoms with Gasteiger partial charge in [0, 0.05) is 98.5 Å². The average molecular weight is 2070 g/mol. The maximum Gasteiger partial charge on any atom is 0.534 e. The van der Waals surface area contributed by atoms with E-state index in [2.05, 4.69) is 197 Å². The largest absolute Gasteiger partial charge is 0.534 e. The van der Waals surface area contributed by atoms with Gasteiger partial charge in [0.05, 0.1) is 62.9 Å². The van der Waals surface area contributed by atoms with Gasteiger partial charge in [-0.15, -0.1) is 30.1 Å².